The summed E-state index contributed by atoms with van der Waals surface area (Å²) in [5.74, 6) is 1.10. The summed E-state index contributed by atoms with van der Waals surface area (Å²) in [4.78, 5) is 23.6. The van der Waals surface area contributed by atoms with Crippen LogP contribution in [0.25, 0.3) is 0 Å². The Bertz CT molecular complexity index is 954. The second-order valence-electron chi connectivity index (χ2n) is 6.49. The number of amidine groups is 1. The van der Waals surface area contributed by atoms with Crippen molar-refractivity contribution in [2.75, 3.05) is 32.7 Å². The summed E-state index contributed by atoms with van der Waals surface area (Å²) in [7, 11) is 4.73. The molecule has 0 spiro atoms. The largest absolute Gasteiger partial charge is 0.497 e. The first-order valence-corrected chi connectivity index (χ1v) is 9.73. The Morgan fingerprint density at radius 1 is 1.21 bits per heavy atom. The normalized spacial score (nSPS) is 17.4. The van der Waals surface area contributed by atoms with Crippen LogP contribution in [0.1, 0.15) is 24.5 Å². The molecule has 152 valence electrons. The molecule has 2 aromatic rings. The monoisotopic (exact) mass is 413 g/mol. The average molecular weight is 414 g/mol. The van der Waals surface area contributed by atoms with E-state index >= 15 is 0 Å². The van der Waals surface area contributed by atoms with Crippen LogP contribution in [0, 0.1) is 0 Å². The number of ether oxygens (including phenoxy) is 2. The predicted molar refractivity (Wildman–Crippen MR) is 117 cm³/mol. The standard InChI is InChI=1S/C22H24ClN3O3/c1-5-26-19-11-10-16(28-3)12-17(19)21(14-6-8-15(23)9-7-14)25-18(22(26)24-2)13-20(27)29-4/h6-12,18H,5,13H2,1-4H3. The maximum absolute atomic E-state index is 12.1. The Labute approximate surface area is 175 Å². The molecule has 7 heteroatoms. The third kappa shape index (κ3) is 4.27. The number of benzene rings is 2. The lowest BCUT2D eigenvalue weighted by atomic mass is 9.99. The number of esters is 1. The quantitative estimate of drug-likeness (QED) is 0.695. The molecule has 6 nitrogen and oxygen atoms in total. The van der Waals surface area contributed by atoms with Gasteiger partial charge in [0, 0.05) is 29.7 Å². The highest BCUT2D eigenvalue weighted by atomic mass is 35.5. The number of carbonyl (C=O) groups excluding carboxylic acids is 1. The first kappa shape index (κ1) is 20.9. The van der Waals surface area contributed by atoms with Gasteiger partial charge in [0.25, 0.3) is 0 Å². The average Bonchev–Trinajstić information content (AvgIpc) is 2.87. The van der Waals surface area contributed by atoms with E-state index in [1.165, 1.54) is 7.11 Å². The van der Waals surface area contributed by atoms with E-state index in [1.54, 1.807) is 14.2 Å². The second-order valence-corrected chi connectivity index (χ2v) is 6.93. The highest BCUT2D eigenvalue weighted by Gasteiger charge is 2.31. The number of nitrogens with zero attached hydrogens (tertiary/aromatic N) is 3. The van der Waals surface area contributed by atoms with Crippen molar-refractivity contribution in [1.29, 1.82) is 0 Å². The van der Waals surface area contributed by atoms with Gasteiger partial charge in [0.05, 0.1) is 32.0 Å². The number of anilines is 1. The lowest BCUT2D eigenvalue weighted by Crippen LogP contribution is -2.39. The van der Waals surface area contributed by atoms with Crippen LogP contribution in [0.3, 0.4) is 0 Å². The first-order chi connectivity index (χ1) is 14.0. The zero-order valence-corrected chi connectivity index (χ0v) is 17.7. The van der Waals surface area contributed by atoms with Gasteiger partial charge in [-0.1, -0.05) is 23.7 Å². The fourth-order valence-electron chi connectivity index (χ4n) is 3.47. The van der Waals surface area contributed by atoms with Crippen LogP contribution in [-0.2, 0) is 9.53 Å². The molecule has 1 heterocycles. The van der Waals surface area contributed by atoms with Crippen molar-refractivity contribution in [2.24, 2.45) is 9.98 Å². The number of halogens is 1. The summed E-state index contributed by atoms with van der Waals surface area (Å²) in [6.07, 6.45) is 0.0991. The summed E-state index contributed by atoms with van der Waals surface area (Å²) in [6, 6.07) is 12.9. The van der Waals surface area contributed by atoms with E-state index in [0.717, 1.165) is 28.3 Å². The SMILES string of the molecule is CCN1C(=NC)C(CC(=O)OC)N=C(c2ccc(Cl)cc2)c2cc(OC)ccc21. The molecule has 0 aromatic heterocycles. The third-order valence-electron chi connectivity index (χ3n) is 4.86. The Hall–Kier alpha value is -2.86. The topological polar surface area (TPSA) is 63.5 Å². The Balaban J connectivity index is 2.27. The van der Waals surface area contributed by atoms with Gasteiger partial charge in [-0.25, -0.2) is 0 Å². The van der Waals surface area contributed by atoms with Crippen LogP contribution >= 0.6 is 11.6 Å². The molecular formula is C22H24ClN3O3. The van der Waals surface area contributed by atoms with Crippen LogP contribution in [0.15, 0.2) is 52.4 Å². The lowest BCUT2D eigenvalue weighted by Gasteiger charge is -2.27. The number of hydrogen-bond acceptors (Lipinski definition) is 5. The number of rotatable bonds is 5. The summed E-state index contributed by atoms with van der Waals surface area (Å²) in [6.45, 7) is 2.72. The number of benzodiazepines with no additional fused rings is 1. The van der Waals surface area contributed by atoms with E-state index in [9.17, 15) is 4.79 Å². The second kappa shape index (κ2) is 9.09. The zero-order valence-electron chi connectivity index (χ0n) is 17.0. The van der Waals surface area contributed by atoms with Gasteiger partial charge in [-0.3, -0.25) is 14.8 Å². The van der Waals surface area contributed by atoms with Gasteiger partial charge in [0.2, 0.25) is 0 Å². The van der Waals surface area contributed by atoms with Crippen molar-refractivity contribution < 1.29 is 14.3 Å². The molecule has 0 fully saturated rings. The third-order valence-corrected chi connectivity index (χ3v) is 5.11. The van der Waals surface area contributed by atoms with Crippen LogP contribution in [0.4, 0.5) is 5.69 Å². The van der Waals surface area contributed by atoms with Gasteiger partial charge in [0.1, 0.15) is 17.6 Å². The molecule has 0 bridgehead atoms. The highest BCUT2D eigenvalue weighted by Crippen LogP contribution is 2.33. The molecular weight excluding hydrogens is 390 g/mol. The van der Waals surface area contributed by atoms with E-state index < -0.39 is 6.04 Å². The maximum atomic E-state index is 12.1. The van der Waals surface area contributed by atoms with Gasteiger partial charge < -0.3 is 14.4 Å². The van der Waals surface area contributed by atoms with Gasteiger partial charge >= 0.3 is 5.97 Å². The van der Waals surface area contributed by atoms with Crippen molar-refractivity contribution in [3.05, 3.63) is 58.6 Å². The van der Waals surface area contributed by atoms with Gasteiger partial charge in [-0.05, 0) is 37.3 Å². The van der Waals surface area contributed by atoms with Crippen molar-refractivity contribution >= 4 is 34.8 Å². The van der Waals surface area contributed by atoms with Crippen molar-refractivity contribution in [3.8, 4) is 5.75 Å². The van der Waals surface area contributed by atoms with Crippen molar-refractivity contribution in [2.45, 2.75) is 19.4 Å². The number of hydrogen-bond donors (Lipinski definition) is 0. The zero-order chi connectivity index (χ0) is 21.0. The van der Waals surface area contributed by atoms with Crippen molar-refractivity contribution in [1.82, 2.24) is 0 Å². The summed E-state index contributed by atoms with van der Waals surface area (Å²) in [5.41, 5.74) is 3.51. The molecule has 29 heavy (non-hydrogen) atoms. The number of methoxy groups -OCH3 is 2. The Kier molecular flexibility index (Phi) is 6.54. The molecule has 1 atom stereocenters. The molecule has 0 N–H and O–H groups in total. The van der Waals surface area contributed by atoms with Gasteiger partial charge in [0.15, 0.2) is 0 Å². The highest BCUT2D eigenvalue weighted by molar-refractivity contribution is 6.31. The number of fused-ring (bicyclic) bond motifs is 1. The molecule has 3 rings (SSSR count). The number of aliphatic imine (C=N–C) groups is 2. The molecule has 1 aliphatic rings. The summed E-state index contributed by atoms with van der Waals surface area (Å²) >= 11 is 6.09. The fraction of sp³-hybridized carbons (Fsp3) is 0.318. The van der Waals surface area contributed by atoms with Crippen LogP contribution in [-0.4, -0.2) is 51.4 Å². The first-order valence-electron chi connectivity index (χ1n) is 9.35. The van der Waals surface area contributed by atoms with Gasteiger partial charge in [-0.15, -0.1) is 0 Å². The molecule has 0 saturated heterocycles. The van der Waals surface area contributed by atoms with Crippen LogP contribution in [0.2, 0.25) is 5.02 Å². The lowest BCUT2D eigenvalue weighted by molar-refractivity contribution is -0.140. The molecule has 0 aliphatic carbocycles. The minimum atomic E-state index is -0.475. The van der Waals surface area contributed by atoms with E-state index in [0.29, 0.717) is 17.4 Å². The molecule has 0 radical (unpaired) electrons. The Morgan fingerprint density at radius 3 is 2.52 bits per heavy atom. The van der Waals surface area contributed by atoms with Gasteiger partial charge in [-0.2, -0.15) is 0 Å². The molecule has 2 aromatic carbocycles. The molecule has 1 aliphatic heterocycles. The fourth-order valence-corrected chi connectivity index (χ4v) is 3.60. The minimum absolute atomic E-state index is 0.0991. The molecule has 0 saturated carbocycles. The van der Waals surface area contributed by atoms with Crippen LogP contribution in [0.5, 0.6) is 5.75 Å². The molecule has 0 amide bonds. The Morgan fingerprint density at radius 2 is 1.93 bits per heavy atom. The van der Waals surface area contributed by atoms with E-state index in [1.807, 2.05) is 49.4 Å². The van der Waals surface area contributed by atoms with E-state index in [-0.39, 0.29) is 12.4 Å². The van der Waals surface area contributed by atoms with Crippen LogP contribution < -0.4 is 9.64 Å². The molecule has 1 unspecified atom stereocenters. The minimum Gasteiger partial charge on any atom is -0.497 e. The van der Waals surface area contributed by atoms with E-state index in [2.05, 4.69) is 9.89 Å². The number of carbonyl (C=O) groups is 1. The predicted octanol–water partition coefficient (Wildman–Crippen LogP) is 3.99. The summed E-state index contributed by atoms with van der Waals surface area (Å²) < 4.78 is 10.4. The smallest absolute Gasteiger partial charge is 0.308 e. The maximum Gasteiger partial charge on any atom is 0.308 e. The number of likely N-dealkylation sites (N-methyl/N-ethyl adjacent to an activating group) is 1. The van der Waals surface area contributed by atoms with Crippen molar-refractivity contribution in [3.63, 3.8) is 0 Å². The van der Waals surface area contributed by atoms with E-state index in [4.69, 9.17) is 26.1 Å². The summed E-state index contributed by atoms with van der Waals surface area (Å²) in [5, 5.41) is 0.644.